The van der Waals surface area contributed by atoms with Gasteiger partial charge in [0.25, 0.3) is 0 Å². The number of benzene rings is 1. The molecule has 1 atom stereocenters. The summed E-state index contributed by atoms with van der Waals surface area (Å²) < 4.78 is 5.62. The molecule has 0 aromatic heterocycles. The van der Waals surface area contributed by atoms with Crippen molar-refractivity contribution in [2.24, 2.45) is 0 Å². The standard InChI is InChI=1S/C14H22N2O2/c1-12-3-2-4-14(9-12)18-11-13(17)10-16-7-5-15-6-8-16/h2-4,9,13,15,17H,5-8,10-11H2,1H3/p+2. The van der Waals surface area contributed by atoms with Crippen LogP contribution in [0.3, 0.4) is 0 Å². The number of aliphatic hydroxyl groups excluding tert-OH is 1. The van der Waals surface area contributed by atoms with Crippen LogP contribution in [0.25, 0.3) is 0 Å². The molecule has 1 aliphatic rings. The molecule has 0 radical (unpaired) electrons. The molecule has 1 fully saturated rings. The molecular weight excluding hydrogens is 228 g/mol. The molecule has 0 bridgehead atoms. The predicted molar refractivity (Wildman–Crippen MR) is 69.9 cm³/mol. The fourth-order valence-electron chi connectivity index (χ4n) is 2.38. The highest BCUT2D eigenvalue weighted by Gasteiger charge is 2.19. The van der Waals surface area contributed by atoms with Gasteiger partial charge < -0.3 is 20.1 Å². The van der Waals surface area contributed by atoms with E-state index in [2.05, 4.69) is 5.32 Å². The summed E-state index contributed by atoms with van der Waals surface area (Å²) in [5.74, 6) is 0.844. The summed E-state index contributed by atoms with van der Waals surface area (Å²) in [6.07, 6.45) is -0.376. The first-order valence-electron chi connectivity index (χ1n) is 6.77. The minimum atomic E-state index is -0.376. The van der Waals surface area contributed by atoms with E-state index < -0.39 is 0 Å². The van der Waals surface area contributed by atoms with E-state index in [1.54, 1.807) is 0 Å². The second-order valence-electron chi connectivity index (χ2n) is 5.10. The van der Waals surface area contributed by atoms with Gasteiger partial charge in [0, 0.05) is 0 Å². The number of hydrogen-bond donors (Lipinski definition) is 3. The molecule has 4 nitrogen and oxygen atoms in total. The van der Waals surface area contributed by atoms with Crippen LogP contribution in [0.4, 0.5) is 0 Å². The molecule has 0 amide bonds. The van der Waals surface area contributed by atoms with Crippen molar-refractivity contribution in [2.45, 2.75) is 13.0 Å². The fourth-order valence-corrected chi connectivity index (χ4v) is 2.38. The van der Waals surface area contributed by atoms with Gasteiger partial charge in [0.05, 0.1) is 0 Å². The average Bonchev–Trinajstić information content (AvgIpc) is 2.38. The van der Waals surface area contributed by atoms with E-state index in [1.807, 2.05) is 31.2 Å². The first kappa shape index (κ1) is 13.3. The lowest BCUT2D eigenvalue weighted by molar-refractivity contribution is -0.949. The first-order chi connectivity index (χ1) is 8.74. The van der Waals surface area contributed by atoms with Gasteiger partial charge in [-0.3, -0.25) is 0 Å². The smallest absolute Gasteiger partial charge is 0.137 e. The van der Waals surface area contributed by atoms with Crippen LogP contribution >= 0.6 is 0 Å². The Hall–Kier alpha value is -1.10. The number of hydrogen-bond acceptors (Lipinski definition) is 2. The molecule has 4 heteroatoms. The maximum atomic E-state index is 9.98. The van der Waals surface area contributed by atoms with Crippen LogP contribution in [0.15, 0.2) is 24.3 Å². The summed E-state index contributed by atoms with van der Waals surface area (Å²) in [5, 5.41) is 12.3. The van der Waals surface area contributed by atoms with Crippen molar-refractivity contribution in [1.82, 2.24) is 0 Å². The molecule has 0 saturated carbocycles. The zero-order chi connectivity index (χ0) is 12.8. The lowest BCUT2D eigenvalue weighted by Crippen LogP contribution is -3.21. The van der Waals surface area contributed by atoms with Crippen molar-refractivity contribution < 1.29 is 20.1 Å². The summed E-state index contributed by atoms with van der Waals surface area (Å²) in [6, 6.07) is 7.94. The molecule has 1 aromatic rings. The Kier molecular flexibility index (Phi) is 4.99. The van der Waals surface area contributed by atoms with Gasteiger partial charge in [0.2, 0.25) is 0 Å². The third kappa shape index (κ3) is 4.29. The summed E-state index contributed by atoms with van der Waals surface area (Å²) in [6.45, 7) is 7.83. The summed E-state index contributed by atoms with van der Waals surface area (Å²) in [4.78, 5) is 1.48. The van der Waals surface area contributed by atoms with Crippen molar-refractivity contribution in [3.8, 4) is 5.75 Å². The second kappa shape index (κ2) is 6.73. The Morgan fingerprint density at radius 2 is 2.17 bits per heavy atom. The number of quaternary nitrogens is 2. The molecule has 1 heterocycles. The van der Waals surface area contributed by atoms with Crippen molar-refractivity contribution in [1.29, 1.82) is 0 Å². The molecule has 1 saturated heterocycles. The number of piperazine rings is 1. The van der Waals surface area contributed by atoms with E-state index in [-0.39, 0.29) is 6.10 Å². The average molecular weight is 252 g/mol. The Bertz CT molecular complexity index is 365. The highest BCUT2D eigenvalue weighted by atomic mass is 16.5. The zero-order valence-electron chi connectivity index (χ0n) is 11.1. The maximum absolute atomic E-state index is 9.98. The van der Waals surface area contributed by atoms with Gasteiger partial charge in [-0.05, 0) is 24.6 Å². The first-order valence-corrected chi connectivity index (χ1v) is 6.77. The van der Waals surface area contributed by atoms with Crippen molar-refractivity contribution in [2.75, 3.05) is 39.3 Å². The molecule has 18 heavy (non-hydrogen) atoms. The highest BCUT2D eigenvalue weighted by molar-refractivity contribution is 5.27. The molecular formula is C14H24N2O2+2. The summed E-state index contributed by atoms with van der Waals surface area (Å²) in [7, 11) is 0. The van der Waals surface area contributed by atoms with Crippen molar-refractivity contribution >= 4 is 0 Å². The Labute approximate surface area is 109 Å². The minimum Gasteiger partial charge on any atom is -0.491 e. The Balaban J connectivity index is 1.72. The van der Waals surface area contributed by atoms with Gasteiger partial charge in [0.15, 0.2) is 0 Å². The van der Waals surface area contributed by atoms with Gasteiger partial charge >= 0.3 is 0 Å². The van der Waals surface area contributed by atoms with Crippen LogP contribution < -0.4 is 15.0 Å². The summed E-state index contributed by atoms with van der Waals surface area (Å²) >= 11 is 0. The van der Waals surface area contributed by atoms with E-state index >= 15 is 0 Å². The van der Waals surface area contributed by atoms with E-state index in [0.29, 0.717) is 6.61 Å². The van der Waals surface area contributed by atoms with Crippen LogP contribution in [0.1, 0.15) is 5.56 Å². The number of aliphatic hydroxyl groups is 1. The largest absolute Gasteiger partial charge is 0.491 e. The van der Waals surface area contributed by atoms with Crippen molar-refractivity contribution in [3.05, 3.63) is 29.8 Å². The number of ether oxygens (including phenoxy) is 1. The third-order valence-electron chi connectivity index (χ3n) is 3.36. The minimum absolute atomic E-state index is 0.376. The Morgan fingerprint density at radius 1 is 1.39 bits per heavy atom. The van der Waals surface area contributed by atoms with E-state index in [0.717, 1.165) is 25.4 Å². The highest BCUT2D eigenvalue weighted by Crippen LogP contribution is 2.12. The Morgan fingerprint density at radius 3 is 2.89 bits per heavy atom. The van der Waals surface area contributed by atoms with Gasteiger partial charge in [-0.1, -0.05) is 12.1 Å². The normalized spacial score (nSPS) is 18.6. The number of nitrogens with one attached hydrogen (secondary N) is 1. The molecule has 0 spiro atoms. The molecule has 1 aliphatic heterocycles. The number of rotatable bonds is 5. The molecule has 1 aromatic carbocycles. The van der Waals surface area contributed by atoms with Crippen LogP contribution in [0, 0.1) is 6.92 Å². The predicted octanol–water partition coefficient (Wildman–Crippen LogP) is -1.80. The van der Waals surface area contributed by atoms with Crippen LogP contribution in [0.5, 0.6) is 5.75 Å². The molecule has 1 unspecified atom stereocenters. The SMILES string of the molecule is Cc1cccc(OCC(O)C[NH+]2CC[NH2+]CC2)c1. The van der Waals surface area contributed by atoms with Gasteiger partial charge in [-0.2, -0.15) is 0 Å². The van der Waals surface area contributed by atoms with E-state index in [4.69, 9.17) is 4.74 Å². The third-order valence-corrected chi connectivity index (χ3v) is 3.36. The molecule has 0 aliphatic carbocycles. The van der Waals surface area contributed by atoms with Gasteiger partial charge in [-0.15, -0.1) is 0 Å². The van der Waals surface area contributed by atoms with Crippen molar-refractivity contribution in [3.63, 3.8) is 0 Å². The maximum Gasteiger partial charge on any atom is 0.137 e. The van der Waals surface area contributed by atoms with Gasteiger partial charge in [0.1, 0.15) is 51.2 Å². The van der Waals surface area contributed by atoms with Crippen LogP contribution in [0.2, 0.25) is 0 Å². The van der Waals surface area contributed by atoms with Crippen LogP contribution in [-0.2, 0) is 0 Å². The quantitative estimate of drug-likeness (QED) is 0.579. The lowest BCUT2D eigenvalue weighted by Gasteiger charge is -2.24. The topological polar surface area (TPSA) is 50.5 Å². The van der Waals surface area contributed by atoms with Gasteiger partial charge in [-0.25, -0.2) is 0 Å². The fraction of sp³-hybridized carbons (Fsp3) is 0.571. The monoisotopic (exact) mass is 252 g/mol. The lowest BCUT2D eigenvalue weighted by atomic mass is 10.2. The molecule has 4 N–H and O–H groups in total. The zero-order valence-corrected chi connectivity index (χ0v) is 11.1. The molecule has 100 valence electrons. The number of nitrogens with two attached hydrogens (primary N) is 1. The summed E-state index contributed by atoms with van der Waals surface area (Å²) in [5.41, 5.74) is 1.18. The van der Waals surface area contributed by atoms with E-state index in [1.165, 1.54) is 23.6 Å². The number of aryl methyl sites for hydroxylation is 1. The second-order valence-corrected chi connectivity index (χ2v) is 5.10. The van der Waals surface area contributed by atoms with Crippen LogP contribution in [-0.4, -0.2) is 50.5 Å². The van der Waals surface area contributed by atoms with E-state index in [9.17, 15) is 5.11 Å². The molecule has 2 rings (SSSR count).